The molecule has 1 aromatic heterocycles. The fourth-order valence-electron chi connectivity index (χ4n) is 1.46. The fraction of sp³-hybridized carbons (Fsp3) is 0.833. The molecule has 5 nitrogen and oxygen atoms in total. The highest BCUT2D eigenvalue weighted by Gasteiger charge is 2.10. The zero-order valence-electron chi connectivity index (χ0n) is 11.0. The molecule has 1 N–H and O–H groups in total. The van der Waals surface area contributed by atoms with Crippen LogP contribution in [0.5, 0.6) is 0 Å². The zero-order valence-corrected chi connectivity index (χ0v) is 11.0. The summed E-state index contributed by atoms with van der Waals surface area (Å²) in [5, 5.41) is 7.27. The van der Waals surface area contributed by atoms with Gasteiger partial charge in [0, 0.05) is 19.1 Å². The minimum Gasteiger partial charge on any atom is -0.373 e. The van der Waals surface area contributed by atoms with E-state index in [1.165, 1.54) is 0 Å². The molecule has 5 heteroatoms. The van der Waals surface area contributed by atoms with E-state index in [1.54, 1.807) is 0 Å². The quantitative estimate of drug-likeness (QED) is 0.669. The van der Waals surface area contributed by atoms with Crippen molar-refractivity contribution in [3.05, 3.63) is 11.7 Å². The Kier molecular flexibility index (Phi) is 6.81. The van der Waals surface area contributed by atoms with Gasteiger partial charge in [0.25, 0.3) is 0 Å². The van der Waals surface area contributed by atoms with Crippen molar-refractivity contribution in [2.45, 2.75) is 52.7 Å². The van der Waals surface area contributed by atoms with Gasteiger partial charge in [0.2, 0.25) is 5.89 Å². The summed E-state index contributed by atoms with van der Waals surface area (Å²) in [6.07, 6.45) is 2.90. The maximum Gasteiger partial charge on any atom is 0.228 e. The van der Waals surface area contributed by atoms with E-state index >= 15 is 0 Å². The van der Waals surface area contributed by atoms with Crippen LogP contribution in [-0.4, -0.2) is 29.3 Å². The average molecular weight is 241 g/mol. The molecule has 1 atom stereocenters. The molecule has 1 heterocycles. The van der Waals surface area contributed by atoms with E-state index in [2.05, 4.69) is 36.2 Å². The van der Waals surface area contributed by atoms with Gasteiger partial charge >= 0.3 is 0 Å². The van der Waals surface area contributed by atoms with E-state index < -0.39 is 0 Å². The summed E-state index contributed by atoms with van der Waals surface area (Å²) >= 11 is 0. The third kappa shape index (κ3) is 5.79. The predicted octanol–water partition coefficient (Wildman–Crippen LogP) is 1.93. The first-order valence-corrected chi connectivity index (χ1v) is 6.38. The smallest absolute Gasteiger partial charge is 0.228 e. The second kappa shape index (κ2) is 8.20. The van der Waals surface area contributed by atoms with Gasteiger partial charge in [0.15, 0.2) is 5.82 Å². The lowest BCUT2D eigenvalue weighted by Gasteiger charge is -2.09. The number of hydrogen-bond donors (Lipinski definition) is 1. The Morgan fingerprint density at radius 2 is 2.18 bits per heavy atom. The summed E-state index contributed by atoms with van der Waals surface area (Å²) in [5.41, 5.74) is 0. The Morgan fingerprint density at radius 1 is 1.35 bits per heavy atom. The van der Waals surface area contributed by atoms with E-state index in [0.717, 1.165) is 32.4 Å². The van der Waals surface area contributed by atoms with Gasteiger partial charge < -0.3 is 14.6 Å². The van der Waals surface area contributed by atoms with Crippen LogP contribution in [0, 0.1) is 0 Å². The summed E-state index contributed by atoms with van der Waals surface area (Å²) < 4.78 is 10.5. The molecule has 98 valence electrons. The molecule has 0 radical (unpaired) electrons. The van der Waals surface area contributed by atoms with Gasteiger partial charge in [0.05, 0.1) is 0 Å². The molecule has 1 aromatic rings. The van der Waals surface area contributed by atoms with Gasteiger partial charge in [-0.3, -0.25) is 0 Å². The second-order valence-corrected chi connectivity index (χ2v) is 4.22. The lowest BCUT2D eigenvalue weighted by Crippen LogP contribution is -2.28. The molecular formula is C12H23N3O2. The molecule has 0 aliphatic rings. The van der Waals surface area contributed by atoms with E-state index in [9.17, 15) is 0 Å². The molecule has 0 saturated carbocycles. The maximum absolute atomic E-state index is 5.35. The average Bonchev–Trinajstić information content (AvgIpc) is 2.74. The molecule has 0 aliphatic carbocycles. The molecule has 0 aromatic carbocycles. The molecule has 17 heavy (non-hydrogen) atoms. The fourth-order valence-corrected chi connectivity index (χ4v) is 1.46. The third-order valence-electron chi connectivity index (χ3n) is 2.31. The first-order valence-electron chi connectivity index (χ1n) is 6.38. The Hall–Kier alpha value is -0.940. The van der Waals surface area contributed by atoms with Crippen molar-refractivity contribution >= 4 is 0 Å². The molecule has 0 fully saturated rings. The van der Waals surface area contributed by atoms with Gasteiger partial charge in [0.1, 0.15) is 6.61 Å². The van der Waals surface area contributed by atoms with Crippen LogP contribution in [0.2, 0.25) is 0 Å². The molecule has 1 rings (SSSR count). The topological polar surface area (TPSA) is 60.2 Å². The summed E-state index contributed by atoms with van der Waals surface area (Å²) in [6, 6.07) is 0.361. The number of ether oxygens (including phenoxy) is 1. The SMILES string of the molecule is CCCNC(C)Cc1nc(COCCC)no1. The first-order chi connectivity index (χ1) is 8.26. The zero-order chi connectivity index (χ0) is 12.5. The molecule has 0 aliphatic heterocycles. The Balaban J connectivity index is 2.29. The minimum atomic E-state index is 0.361. The lowest BCUT2D eigenvalue weighted by molar-refractivity contribution is 0.114. The highest BCUT2D eigenvalue weighted by atomic mass is 16.5. The van der Waals surface area contributed by atoms with Gasteiger partial charge in [-0.05, 0) is 26.3 Å². The van der Waals surface area contributed by atoms with Crippen molar-refractivity contribution in [1.82, 2.24) is 15.5 Å². The summed E-state index contributed by atoms with van der Waals surface area (Å²) in [6.45, 7) is 8.53. The number of aromatic nitrogens is 2. The van der Waals surface area contributed by atoms with E-state index in [0.29, 0.717) is 24.4 Å². The van der Waals surface area contributed by atoms with E-state index in [-0.39, 0.29) is 0 Å². The summed E-state index contributed by atoms with van der Waals surface area (Å²) in [4.78, 5) is 4.29. The highest BCUT2D eigenvalue weighted by molar-refractivity contribution is 4.87. The van der Waals surface area contributed by atoms with Crippen molar-refractivity contribution in [1.29, 1.82) is 0 Å². The van der Waals surface area contributed by atoms with Crippen molar-refractivity contribution in [3.63, 3.8) is 0 Å². The van der Waals surface area contributed by atoms with Crippen LogP contribution < -0.4 is 5.32 Å². The van der Waals surface area contributed by atoms with Crippen molar-refractivity contribution < 1.29 is 9.26 Å². The van der Waals surface area contributed by atoms with Crippen molar-refractivity contribution in [2.24, 2.45) is 0 Å². The molecule has 1 unspecified atom stereocenters. The Bertz CT molecular complexity index is 302. The number of nitrogens with zero attached hydrogens (tertiary/aromatic N) is 2. The van der Waals surface area contributed by atoms with Crippen LogP contribution >= 0.6 is 0 Å². The monoisotopic (exact) mass is 241 g/mol. The minimum absolute atomic E-state index is 0.361. The Labute approximate surface area is 103 Å². The highest BCUT2D eigenvalue weighted by Crippen LogP contribution is 2.03. The normalized spacial score (nSPS) is 12.9. The molecule has 0 amide bonds. The second-order valence-electron chi connectivity index (χ2n) is 4.22. The Morgan fingerprint density at radius 3 is 2.88 bits per heavy atom. The van der Waals surface area contributed by atoms with Crippen molar-refractivity contribution in [2.75, 3.05) is 13.2 Å². The van der Waals surface area contributed by atoms with Gasteiger partial charge in [-0.2, -0.15) is 4.98 Å². The lowest BCUT2D eigenvalue weighted by atomic mass is 10.2. The standard InChI is InChI=1S/C12H23N3O2/c1-4-6-13-10(3)8-12-14-11(15-17-12)9-16-7-5-2/h10,13H,4-9H2,1-3H3. The largest absolute Gasteiger partial charge is 0.373 e. The summed E-state index contributed by atoms with van der Waals surface area (Å²) in [7, 11) is 0. The summed E-state index contributed by atoms with van der Waals surface area (Å²) in [5.74, 6) is 1.31. The van der Waals surface area contributed by atoms with E-state index in [4.69, 9.17) is 9.26 Å². The van der Waals surface area contributed by atoms with Gasteiger partial charge in [-0.1, -0.05) is 19.0 Å². The number of hydrogen-bond acceptors (Lipinski definition) is 5. The maximum atomic E-state index is 5.35. The van der Waals surface area contributed by atoms with E-state index in [1.807, 2.05) is 0 Å². The van der Waals surface area contributed by atoms with Crippen LogP contribution in [-0.2, 0) is 17.8 Å². The van der Waals surface area contributed by atoms with Gasteiger partial charge in [-0.25, -0.2) is 0 Å². The predicted molar refractivity (Wildman–Crippen MR) is 65.7 cm³/mol. The third-order valence-corrected chi connectivity index (χ3v) is 2.31. The van der Waals surface area contributed by atoms with Crippen LogP contribution in [0.3, 0.4) is 0 Å². The van der Waals surface area contributed by atoms with Crippen LogP contribution in [0.25, 0.3) is 0 Å². The number of nitrogens with one attached hydrogen (secondary N) is 1. The van der Waals surface area contributed by atoms with Crippen LogP contribution in [0.1, 0.15) is 45.3 Å². The molecule has 0 bridgehead atoms. The number of rotatable bonds is 9. The van der Waals surface area contributed by atoms with Crippen LogP contribution in [0.15, 0.2) is 4.52 Å². The molecule has 0 spiro atoms. The molecular weight excluding hydrogens is 218 g/mol. The van der Waals surface area contributed by atoms with Crippen LogP contribution in [0.4, 0.5) is 0 Å². The molecule has 0 saturated heterocycles. The van der Waals surface area contributed by atoms with Gasteiger partial charge in [-0.15, -0.1) is 0 Å². The van der Waals surface area contributed by atoms with Crippen molar-refractivity contribution in [3.8, 4) is 0 Å². The first kappa shape index (κ1) is 14.1.